The van der Waals surface area contributed by atoms with Crippen molar-refractivity contribution in [3.8, 4) is 0 Å². The Balaban J connectivity index is 2.40. The van der Waals surface area contributed by atoms with Crippen LogP contribution in [0.15, 0.2) is 0 Å². The summed E-state index contributed by atoms with van der Waals surface area (Å²) >= 11 is 5.71. The molecule has 0 aromatic carbocycles. The molecule has 1 heterocycles. The van der Waals surface area contributed by atoms with Crippen LogP contribution in [0.3, 0.4) is 0 Å². The van der Waals surface area contributed by atoms with Crippen molar-refractivity contribution in [2.45, 2.75) is 40.0 Å². The summed E-state index contributed by atoms with van der Waals surface area (Å²) in [5.74, 6) is 0.0637. The second kappa shape index (κ2) is 3.22. The molecule has 3 nitrogen and oxygen atoms in total. The molecule has 90 valence electrons. The van der Waals surface area contributed by atoms with Gasteiger partial charge in [0, 0.05) is 17.4 Å². The third-order valence-electron chi connectivity index (χ3n) is 4.11. The van der Waals surface area contributed by atoms with Crippen molar-refractivity contribution in [2.75, 3.05) is 6.54 Å². The van der Waals surface area contributed by atoms with Gasteiger partial charge in [-0.25, -0.2) is 0 Å². The van der Waals surface area contributed by atoms with E-state index in [1.54, 1.807) is 0 Å². The quantitative estimate of drug-likeness (QED) is 0.717. The van der Waals surface area contributed by atoms with Gasteiger partial charge < -0.3 is 5.32 Å². The molecule has 0 spiro atoms. The highest BCUT2D eigenvalue weighted by Gasteiger charge is 2.56. The van der Waals surface area contributed by atoms with Crippen LogP contribution in [0.5, 0.6) is 0 Å². The molecule has 2 fully saturated rings. The normalized spacial score (nSPS) is 47.4. The second-order valence-electron chi connectivity index (χ2n) is 6.42. The molecule has 1 amide bonds. The van der Waals surface area contributed by atoms with E-state index >= 15 is 0 Å². The van der Waals surface area contributed by atoms with Crippen molar-refractivity contribution in [1.82, 2.24) is 5.32 Å². The Morgan fingerprint density at radius 3 is 2.44 bits per heavy atom. The van der Waals surface area contributed by atoms with Crippen LogP contribution in [0, 0.1) is 16.2 Å². The van der Waals surface area contributed by atoms with Crippen LogP contribution in [0.4, 0.5) is 0 Å². The predicted molar refractivity (Wildman–Crippen MR) is 62.0 cm³/mol. The molecule has 1 saturated heterocycles. The van der Waals surface area contributed by atoms with Crippen LogP contribution in [0.1, 0.15) is 40.0 Å². The molecule has 0 aromatic heterocycles. The molecule has 3 atom stereocenters. The lowest BCUT2D eigenvalue weighted by atomic mass is 9.53. The fourth-order valence-electron chi connectivity index (χ4n) is 3.86. The maximum Gasteiger partial charge on any atom is 0.227 e. The first-order valence-corrected chi connectivity index (χ1v) is 6.05. The summed E-state index contributed by atoms with van der Waals surface area (Å²) in [5, 5.41) is 2.64. The molecule has 0 aromatic rings. The van der Waals surface area contributed by atoms with E-state index < -0.39 is 10.8 Å². The number of halogens is 1. The number of fused-ring (bicyclic) bond motifs is 2. The average Bonchev–Trinajstić information content (AvgIpc) is 2.10. The van der Waals surface area contributed by atoms with E-state index in [1.165, 1.54) is 0 Å². The zero-order valence-electron chi connectivity index (χ0n) is 10.0. The van der Waals surface area contributed by atoms with Gasteiger partial charge in [-0.05, 0) is 36.3 Å². The molecule has 0 radical (unpaired) electrons. The highest BCUT2D eigenvalue weighted by molar-refractivity contribution is 6.64. The van der Waals surface area contributed by atoms with Gasteiger partial charge in [0.25, 0.3) is 0 Å². The summed E-state index contributed by atoms with van der Waals surface area (Å²) < 4.78 is 0. The molecule has 2 aliphatic rings. The van der Waals surface area contributed by atoms with E-state index in [1.807, 2.05) is 13.8 Å². The number of carbonyl (C=O) groups is 2. The SMILES string of the molecule is C[C@]12CNC(=O)[C@](C)(C1)C[C@@](C)(C(=O)Cl)C2. The average molecular weight is 244 g/mol. The minimum absolute atomic E-state index is 0.000208. The number of amides is 1. The lowest BCUT2D eigenvalue weighted by Gasteiger charge is -2.54. The molecule has 4 heteroatoms. The molecule has 1 N–H and O–H groups in total. The molecular formula is C12H18ClNO2. The maximum atomic E-state index is 11.9. The Bertz CT molecular complexity index is 368. The number of nitrogens with one attached hydrogen (secondary N) is 1. The van der Waals surface area contributed by atoms with Crippen molar-refractivity contribution in [2.24, 2.45) is 16.2 Å². The monoisotopic (exact) mass is 243 g/mol. The molecule has 2 rings (SSSR count). The Hall–Kier alpha value is -0.570. The molecule has 1 aliphatic carbocycles. The van der Waals surface area contributed by atoms with Gasteiger partial charge in [-0.1, -0.05) is 20.8 Å². The van der Waals surface area contributed by atoms with Crippen molar-refractivity contribution in [3.05, 3.63) is 0 Å². The third-order valence-corrected chi connectivity index (χ3v) is 4.57. The van der Waals surface area contributed by atoms with Gasteiger partial charge in [0.1, 0.15) is 0 Å². The minimum Gasteiger partial charge on any atom is -0.355 e. The van der Waals surface area contributed by atoms with E-state index in [9.17, 15) is 9.59 Å². The maximum absolute atomic E-state index is 11.9. The summed E-state index contributed by atoms with van der Waals surface area (Å²) in [6.07, 6.45) is 2.17. The summed E-state index contributed by atoms with van der Waals surface area (Å²) in [6.45, 7) is 6.61. The Labute approximate surface area is 101 Å². The van der Waals surface area contributed by atoms with Crippen molar-refractivity contribution < 1.29 is 9.59 Å². The lowest BCUT2D eigenvalue weighted by molar-refractivity contribution is -0.150. The van der Waals surface area contributed by atoms with Crippen LogP contribution in [-0.2, 0) is 9.59 Å². The van der Waals surface area contributed by atoms with E-state index in [2.05, 4.69) is 12.2 Å². The number of carbonyl (C=O) groups excluding carboxylic acids is 2. The first-order chi connectivity index (χ1) is 7.19. The Morgan fingerprint density at radius 1 is 1.25 bits per heavy atom. The van der Waals surface area contributed by atoms with Crippen LogP contribution >= 0.6 is 11.6 Å². The van der Waals surface area contributed by atoms with Crippen LogP contribution < -0.4 is 5.32 Å². The van der Waals surface area contributed by atoms with Crippen molar-refractivity contribution in [3.63, 3.8) is 0 Å². The first kappa shape index (κ1) is 11.9. The van der Waals surface area contributed by atoms with Gasteiger partial charge in [0.15, 0.2) is 0 Å². The molecule has 0 unspecified atom stereocenters. The lowest BCUT2D eigenvalue weighted by Crippen LogP contribution is -2.59. The molecular weight excluding hydrogens is 226 g/mol. The van der Waals surface area contributed by atoms with Gasteiger partial charge in [-0.3, -0.25) is 9.59 Å². The van der Waals surface area contributed by atoms with Crippen molar-refractivity contribution in [1.29, 1.82) is 0 Å². The second-order valence-corrected chi connectivity index (χ2v) is 6.76. The summed E-state index contributed by atoms with van der Waals surface area (Å²) in [6, 6.07) is 0. The van der Waals surface area contributed by atoms with E-state index in [0.717, 1.165) is 12.8 Å². The smallest absolute Gasteiger partial charge is 0.227 e. The van der Waals surface area contributed by atoms with E-state index in [4.69, 9.17) is 11.6 Å². The van der Waals surface area contributed by atoms with Gasteiger partial charge >= 0.3 is 0 Å². The molecule has 1 saturated carbocycles. The first-order valence-electron chi connectivity index (χ1n) is 5.68. The zero-order valence-corrected chi connectivity index (χ0v) is 10.8. The number of piperidine rings is 1. The fourth-order valence-corrected chi connectivity index (χ4v) is 4.00. The third kappa shape index (κ3) is 1.65. The Kier molecular flexibility index (Phi) is 2.40. The molecule has 16 heavy (non-hydrogen) atoms. The summed E-state index contributed by atoms with van der Waals surface area (Å²) in [7, 11) is 0. The fraction of sp³-hybridized carbons (Fsp3) is 0.833. The van der Waals surface area contributed by atoms with Crippen LogP contribution in [0.2, 0.25) is 0 Å². The number of hydrogen-bond acceptors (Lipinski definition) is 2. The summed E-state index contributed by atoms with van der Waals surface area (Å²) in [4.78, 5) is 23.5. The van der Waals surface area contributed by atoms with E-state index in [-0.39, 0.29) is 16.6 Å². The largest absolute Gasteiger partial charge is 0.355 e. The van der Waals surface area contributed by atoms with Gasteiger partial charge in [0.05, 0.1) is 0 Å². The predicted octanol–water partition coefficient (Wildman–Crippen LogP) is 2.08. The van der Waals surface area contributed by atoms with Crippen LogP contribution in [-0.4, -0.2) is 17.7 Å². The van der Waals surface area contributed by atoms with E-state index in [0.29, 0.717) is 13.0 Å². The molecule has 2 bridgehead atoms. The molecule has 1 aliphatic heterocycles. The minimum atomic E-state index is -0.554. The standard InChI is InChI=1S/C12H18ClNO2/c1-10-4-11(2,8(13)15)6-12(3,5-10)9(16)14-7-10/h4-7H2,1-3H3,(H,14,16)/t10-,11+,12-/m1/s1. The number of rotatable bonds is 1. The zero-order chi connectivity index (χ0) is 12.2. The Morgan fingerprint density at radius 2 is 1.88 bits per heavy atom. The van der Waals surface area contributed by atoms with Crippen LogP contribution in [0.25, 0.3) is 0 Å². The van der Waals surface area contributed by atoms with Gasteiger partial charge in [0.2, 0.25) is 11.1 Å². The highest BCUT2D eigenvalue weighted by atomic mass is 35.5. The van der Waals surface area contributed by atoms with Crippen molar-refractivity contribution >= 4 is 22.8 Å². The van der Waals surface area contributed by atoms with Gasteiger partial charge in [-0.2, -0.15) is 0 Å². The van der Waals surface area contributed by atoms with Gasteiger partial charge in [-0.15, -0.1) is 0 Å². The summed E-state index contributed by atoms with van der Waals surface area (Å²) in [5.41, 5.74) is -0.994. The highest BCUT2D eigenvalue weighted by Crippen LogP contribution is 2.56. The number of hydrogen-bond donors (Lipinski definition) is 1. The topological polar surface area (TPSA) is 46.2 Å².